The third-order valence-corrected chi connectivity index (χ3v) is 3.22. The van der Waals surface area contributed by atoms with Gasteiger partial charge >= 0.3 is 0 Å². The molecule has 1 heterocycles. The Morgan fingerprint density at radius 2 is 2.20 bits per heavy atom. The molecule has 0 N–H and O–H groups in total. The molecule has 0 fully saturated rings. The Labute approximate surface area is 97.8 Å². The van der Waals surface area contributed by atoms with E-state index in [-0.39, 0.29) is 0 Å². The summed E-state index contributed by atoms with van der Waals surface area (Å²) in [5, 5.41) is 1.11. The van der Waals surface area contributed by atoms with Gasteiger partial charge < -0.3 is 4.42 Å². The summed E-state index contributed by atoms with van der Waals surface area (Å²) in [6.45, 7) is 3.71. The van der Waals surface area contributed by atoms with Crippen molar-refractivity contribution in [2.45, 2.75) is 4.90 Å². The van der Waals surface area contributed by atoms with E-state index in [0.29, 0.717) is 4.71 Å². The SMILES string of the molecule is C=CCSc1cc(=S)oc2ccccc12. The monoisotopic (exact) mass is 234 g/mol. The van der Waals surface area contributed by atoms with Crippen LogP contribution in [0.2, 0.25) is 0 Å². The molecule has 2 aromatic rings. The van der Waals surface area contributed by atoms with Gasteiger partial charge in [-0.1, -0.05) is 24.3 Å². The van der Waals surface area contributed by atoms with Gasteiger partial charge in [-0.05, 0) is 18.3 Å². The van der Waals surface area contributed by atoms with Crippen LogP contribution >= 0.6 is 24.0 Å². The lowest BCUT2D eigenvalue weighted by Crippen LogP contribution is -1.79. The topological polar surface area (TPSA) is 13.1 Å². The van der Waals surface area contributed by atoms with E-state index < -0.39 is 0 Å². The minimum Gasteiger partial charge on any atom is -0.445 e. The van der Waals surface area contributed by atoms with Crippen LogP contribution in [0, 0.1) is 4.71 Å². The van der Waals surface area contributed by atoms with Crippen molar-refractivity contribution in [3.63, 3.8) is 0 Å². The van der Waals surface area contributed by atoms with Crippen molar-refractivity contribution in [3.8, 4) is 0 Å². The van der Waals surface area contributed by atoms with Gasteiger partial charge in [-0.2, -0.15) is 0 Å². The molecule has 0 atom stereocenters. The van der Waals surface area contributed by atoms with E-state index in [4.69, 9.17) is 16.6 Å². The fourth-order valence-electron chi connectivity index (χ4n) is 1.35. The normalized spacial score (nSPS) is 10.4. The number of hydrogen-bond acceptors (Lipinski definition) is 3. The first-order chi connectivity index (χ1) is 7.31. The van der Waals surface area contributed by atoms with Crippen molar-refractivity contribution in [1.29, 1.82) is 0 Å². The fourth-order valence-corrected chi connectivity index (χ4v) is 2.44. The predicted molar refractivity (Wildman–Crippen MR) is 68.0 cm³/mol. The lowest BCUT2D eigenvalue weighted by atomic mass is 10.2. The van der Waals surface area contributed by atoms with Crippen LogP contribution < -0.4 is 0 Å². The van der Waals surface area contributed by atoms with Crippen molar-refractivity contribution in [2.75, 3.05) is 5.75 Å². The molecular weight excluding hydrogens is 224 g/mol. The molecule has 1 nitrogen and oxygen atoms in total. The molecule has 3 heteroatoms. The molecule has 76 valence electrons. The predicted octanol–water partition coefficient (Wildman–Crippen LogP) is 4.44. The number of fused-ring (bicyclic) bond motifs is 1. The molecule has 15 heavy (non-hydrogen) atoms. The molecule has 0 aliphatic heterocycles. The number of hydrogen-bond donors (Lipinski definition) is 0. The maximum atomic E-state index is 5.46. The van der Waals surface area contributed by atoms with E-state index in [1.807, 2.05) is 36.4 Å². The maximum Gasteiger partial charge on any atom is 0.191 e. The number of rotatable bonds is 3. The highest BCUT2D eigenvalue weighted by atomic mass is 32.2. The maximum absolute atomic E-state index is 5.46. The zero-order valence-electron chi connectivity index (χ0n) is 8.10. The summed E-state index contributed by atoms with van der Waals surface area (Å²) in [5.74, 6) is 0.878. The first-order valence-electron chi connectivity index (χ1n) is 4.58. The molecule has 0 saturated carbocycles. The summed E-state index contributed by atoms with van der Waals surface area (Å²) in [5.41, 5.74) is 0.844. The Bertz CT molecular complexity index is 543. The molecule has 0 radical (unpaired) electrons. The van der Waals surface area contributed by atoms with E-state index >= 15 is 0 Å². The highest BCUT2D eigenvalue weighted by Gasteiger charge is 2.02. The van der Waals surface area contributed by atoms with Crippen molar-refractivity contribution in [1.82, 2.24) is 0 Å². The second-order valence-electron chi connectivity index (χ2n) is 3.03. The molecule has 0 spiro atoms. The van der Waals surface area contributed by atoms with Gasteiger partial charge in [0.1, 0.15) is 5.58 Å². The summed E-state index contributed by atoms with van der Waals surface area (Å²) in [7, 11) is 0. The Morgan fingerprint density at radius 1 is 1.40 bits per heavy atom. The van der Waals surface area contributed by atoms with E-state index in [2.05, 4.69) is 6.58 Å². The lowest BCUT2D eigenvalue weighted by Gasteiger charge is -2.03. The fraction of sp³-hybridized carbons (Fsp3) is 0.0833. The third kappa shape index (κ3) is 2.30. The largest absolute Gasteiger partial charge is 0.445 e. The van der Waals surface area contributed by atoms with Gasteiger partial charge in [0.2, 0.25) is 0 Å². The highest BCUT2D eigenvalue weighted by Crippen LogP contribution is 2.28. The Kier molecular flexibility index (Phi) is 3.23. The first kappa shape index (κ1) is 10.5. The van der Waals surface area contributed by atoms with E-state index in [1.165, 1.54) is 0 Å². The summed E-state index contributed by atoms with van der Waals surface area (Å²) in [6.07, 6.45) is 1.88. The Morgan fingerprint density at radius 3 is 3.00 bits per heavy atom. The summed E-state index contributed by atoms with van der Waals surface area (Å²) >= 11 is 6.79. The Balaban J connectivity index is 2.60. The molecule has 0 aliphatic carbocycles. The standard InChI is InChI=1S/C12H10OS2/c1-2-7-15-11-8-12(14)13-10-6-4-3-5-9(10)11/h2-6,8H,1,7H2. The van der Waals surface area contributed by atoms with Gasteiger partial charge in [0.05, 0.1) is 0 Å². The van der Waals surface area contributed by atoms with Crippen molar-refractivity contribution < 1.29 is 4.42 Å². The molecule has 2 rings (SSSR count). The molecule has 1 aromatic carbocycles. The molecule has 0 bridgehead atoms. The number of thioether (sulfide) groups is 1. The van der Waals surface area contributed by atoms with Crippen LogP contribution in [0.1, 0.15) is 0 Å². The third-order valence-electron chi connectivity index (χ3n) is 1.97. The van der Waals surface area contributed by atoms with Crippen molar-refractivity contribution >= 4 is 34.9 Å². The molecule has 0 saturated heterocycles. The Hall–Kier alpha value is -1.06. The smallest absolute Gasteiger partial charge is 0.191 e. The number of para-hydroxylation sites is 1. The summed E-state index contributed by atoms with van der Waals surface area (Å²) in [6, 6.07) is 9.81. The zero-order chi connectivity index (χ0) is 10.7. The van der Waals surface area contributed by atoms with E-state index in [1.54, 1.807) is 11.8 Å². The summed E-state index contributed by atoms with van der Waals surface area (Å²) < 4.78 is 5.99. The molecule has 1 aromatic heterocycles. The minimum absolute atomic E-state index is 0.528. The van der Waals surface area contributed by atoms with E-state index in [0.717, 1.165) is 21.6 Å². The lowest BCUT2D eigenvalue weighted by molar-refractivity contribution is 0.583. The van der Waals surface area contributed by atoms with Crippen molar-refractivity contribution in [2.24, 2.45) is 0 Å². The second kappa shape index (κ2) is 4.64. The molecule has 0 unspecified atom stereocenters. The van der Waals surface area contributed by atoms with Gasteiger partial charge in [-0.15, -0.1) is 18.3 Å². The van der Waals surface area contributed by atoms with Crippen LogP contribution in [0.4, 0.5) is 0 Å². The van der Waals surface area contributed by atoms with Gasteiger partial charge in [0.25, 0.3) is 0 Å². The average Bonchev–Trinajstić information content (AvgIpc) is 2.25. The van der Waals surface area contributed by atoms with Crippen LogP contribution in [-0.4, -0.2) is 5.75 Å². The van der Waals surface area contributed by atoms with Crippen LogP contribution in [0.3, 0.4) is 0 Å². The van der Waals surface area contributed by atoms with Crippen molar-refractivity contribution in [3.05, 3.63) is 47.7 Å². The van der Waals surface area contributed by atoms with Crippen LogP contribution in [0.15, 0.2) is 52.3 Å². The van der Waals surface area contributed by atoms with Gasteiger partial charge in [0, 0.05) is 22.1 Å². The van der Waals surface area contributed by atoms with Crippen LogP contribution in [0.5, 0.6) is 0 Å². The molecular formula is C12H10OS2. The minimum atomic E-state index is 0.528. The second-order valence-corrected chi connectivity index (χ2v) is 4.49. The van der Waals surface area contributed by atoms with Crippen LogP contribution in [-0.2, 0) is 0 Å². The zero-order valence-corrected chi connectivity index (χ0v) is 9.74. The summed E-state index contributed by atoms with van der Waals surface area (Å²) in [4.78, 5) is 1.15. The van der Waals surface area contributed by atoms with Crippen LogP contribution in [0.25, 0.3) is 11.0 Å². The number of benzene rings is 1. The average molecular weight is 234 g/mol. The first-order valence-corrected chi connectivity index (χ1v) is 5.97. The molecule has 0 aliphatic rings. The van der Waals surface area contributed by atoms with E-state index in [9.17, 15) is 0 Å². The highest BCUT2D eigenvalue weighted by molar-refractivity contribution is 7.99. The van der Waals surface area contributed by atoms with Gasteiger partial charge in [-0.25, -0.2) is 0 Å². The van der Waals surface area contributed by atoms with Gasteiger partial charge in [0.15, 0.2) is 4.71 Å². The quantitative estimate of drug-likeness (QED) is 0.443. The van der Waals surface area contributed by atoms with Gasteiger partial charge in [-0.3, -0.25) is 0 Å². The molecule has 0 amide bonds.